The molecule has 1 fully saturated rings. The van der Waals surface area contributed by atoms with Crippen molar-refractivity contribution in [2.24, 2.45) is 0 Å². The molecule has 1 aliphatic rings. The first-order chi connectivity index (χ1) is 14.5. The maximum absolute atomic E-state index is 13.1. The summed E-state index contributed by atoms with van der Waals surface area (Å²) in [6.07, 6.45) is 4.44. The predicted octanol–water partition coefficient (Wildman–Crippen LogP) is 2.10. The zero-order chi connectivity index (χ0) is 22.8. The number of rotatable bonds is 8. The third kappa shape index (κ3) is 5.13. The number of nitrogens with zero attached hydrogens (tertiary/aromatic N) is 4. The summed E-state index contributed by atoms with van der Waals surface area (Å²) in [4.78, 5) is 14.8. The van der Waals surface area contributed by atoms with Crippen LogP contribution in [0.5, 0.6) is 0 Å². The second-order valence-electron chi connectivity index (χ2n) is 7.60. The van der Waals surface area contributed by atoms with Gasteiger partial charge in [-0.2, -0.15) is 4.31 Å². The fraction of sp³-hybridized carbons (Fsp3) is 0.526. The molecule has 2 heterocycles. The summed E-state index contributed by atoms with van der Waals surface area (Å²) in [5.74, 6) is 0.892. The minimum Gasteiger partial charge on any atom is -0.334 e. The number of nitro benzene ring substituents is 1. The summed E-state index contributed by atoms with van der Waals surface area (Å²) < 4.78 is 53.0. The normalized spacial score (nSPS) is 16.5. The highest BCUT2D eigenvalue weighted by atomic mass is 32.2. The number of benzene rings is 1. The van der Waals surface area contributed by atoms with Crippen LogP contribution >= 0.6 is 0 Å². The molecule has 10 nitrogen and oxygen atoms in total. The average Bonchev–Trinajstić information content (AvgIpc) is 3.21. The molecule has 0 unspecified atom stereocenters. The third-order valence-corrected chi connectivity index (χ3v) is 9.38. The summed E-state index contributed by atoms with van der Waals surface area (Å²) in [6.45, 7) is 4.06. The van der Waals surface area contributed by atoms with Crippen LogP contribution in [0.15, 0.2) is 35.5 Å². The van der Waals surface area contributed by atoms with Crippen molar-refractivity contribution in [3.63, 3.8) is 0 Å². The van der Waals surface area contributed by atoms with Crippen LogP contribution in [0.25, 0.3) is 0 Å². The van der Waals surface area contributed by atoms with E-state index < -0.39 is 24.8 Å². The van der Waals surface area contributed by atoms with Gasteiger partial charge in [0.2, 0.25) is 10.0 Å². The molecule has 0 amide bonds. The van der Waals surface area contributed by atoms with Crippen molar-refractivity contribution in [1.82, 2.24) is 13.9 Å². The lowest BCUT2D eigenvalue weighted by atomic mass is 9.97. The van der Waals surface area contributed by atoms with Gasteiger partial charge in [-0.1, -0.05) is 13.0 Å². The van der Waals surface area contributed by atoms with Gasteiger partial charge in [0.1, 0.15) is 5.82 Å². The number of imidazole rings is 1. The number of nitro groups is 1. The van der Waals surface area contributed by atoms with E-state index in [0.717, 1.165) is 11.9 Å². The van der Waals surface area contributed by atoms with Crippen LogP contribution in [0.2, 0.25) is 0 Å². The lowest BCUT2D eigenvalue weighted by Crippen LogP contribution is -2.38. The van der Waals surface area contributed by atoms with Crippen molar-refractivity contribution >= 4 is 25.5 Å². The number of hydrogen-bond donors (Lipinski definition) is 0. The van der Waals surface area contributed by atoms with Gasteiger partial charge in [-0.3, -0.25) is 10.1 Å². The summed E-state index contributed by atoms with van der Waals surface area (Å²) in [5.41, 5.74) is 0.198. The molecular weight excluding hydrogens is 444 g/mol. The molecule has 0 bridgehead atoms. The van der Waals surface area contributed by atoms with Crippen LogP contribution < -0.4 is 0 Å². The first-order valence-electron chi connectivity index (χ1n) is 10.0. The second-order valence-corrected chi connectivity index (χ2v) is 12.0. The molecule has 1 aromatic carbocycles. The molecule has 0 spiro atoms. The van der Waals surface area contributed by atoms with E-state index in [1.54, 1.807) is 26.2 Å². The monoisotopic (exact) mass is 470 g/mol. The number of non-ortho nitro benzene ring substituents is 1. The van der Waals surface area contributed by atoms with Crippen molar-refractivity contribution in [3.8, 4) is 0 Å². The molecule has 0 N–H and O–H groups in total. The molecule has 2 aromatic rings. The van der Waals surface area contributed by atoms with Gasteiger partial charge >= 0.3 is 0 Å². The highest BCUT2D eigenvalue weighted by molar-refractivity contribution is 7.91. The Balaban J connectivity index is 1.73. The Morgan fingerprint density at radius 3 is 2.48 bits per heavy atom. The Morgan fingerprint density at radius 2 is 1.87 bits per heavy atom. The minimum atomic E-state index is -3.86. The SMILES string of the molecule is CCS(=O)(=O)CCn1ccnc1C1CCN(S(=O)(=O)c2cc([N+](=O)[O-])ccc2C)CC1. The number of aryl methyl sites for hydroxylation is 2. The van der Waals surface area contributed by atoms with Crippen molar-refractivity contribution in [2.45, 2.75) is 44.0 Å². The quantitative estimate of drug-likeness (QED) is 0.426. The molecule has 31 heavy (non-hydrogen) atoms. The third-order valence-electron chi connectivity index (χ3n) is 5.65. The highest BCUT2D eigenvalue weighted by Gasteiger charge is 2.33. The molecule has 0 atom stereocenters. The van der Waals surface area contributed by atoms with Crippen LogP contribution in [0.1, 0.15) is 37.1 Å². The first kappa shape index (κ1) is 23.4. The van der Waals surface area contributed by atoms with Crippen LogP contribution in [0.3, 0.4) is 0 Å². The van der Waals surface area contributed by atoms with E-state index in [4.69, 9.17) is 0 Å². The number of sulfone groups is 1. The van der Waals surface area contributed by atoms with E-state index >= 15 is 0 Å². The number of aromatic nitrogens is 2. The van der Waals surface area contributed by atoms with Gasteiger partial charge in [-0.15, -0.1) is 0 Å². The van der Waals surface area contributed by atoms with Gasteiger partial charge in [0, 0.05) is 55.8 Å². The highest BCUT2D eigenvalue weighted by Crippen LogP contribution is 2.32. The number of hydrogen-bond acceptors (Lipinski definition) is 7. The molecule has 0 saturated carbocycles. The maximum Gasteiger partial charge on any atom is 0.270 e. The first-order valence-corrected chi connectivity index (χ1v) is 13.3. The molecule has 1 aliphatic heterocycles. The van der Waals surface area contributed by atoms with E-state index in [0.29, 0.717) is 24.9 Å². The van der Waals surface area contributed by atoms with E-state index in [9.17, 15) is 26.9 Å². The summed E-state index contributed by atoms with van der Waals surface area (Å²) in [7, 11) is -6.96. The van der Waals surface area contributed by atoms with Crippen LogP contribution in [-0.4, -0.2) is 60.2 Å². The Morgan fingerprint density at radius 1 is 1.19 bits per heavy atom. The topological polar surface area (TPSA) is 132 Å². The zero-order valence-corrected chi connectivity index (χ0v) is 19.1. The van der Waals surface area contributed by atoms with E-state index in [2.05, 4.69) is 4.98 Å². The fourth-order valence-electron chi connectivity index (χ4n) is 3.73. The molecule has 0 radical (unpaired) electrons. The Kier molecular flexibility index (Phi) is 6.82. The van der Waals surface area contributed by atoms with E-state index in [1.807, 2.05) is 4.57 Å². The molecule has 12 heteroatoms. The molecule has 0 aliphatic carbocycles. The van der Waals surface area contributed by atoms with Gasteiger partial charge in [0.05, 0.1) is 15.6 Å². The summed E-state index contributed by atoms with van der Waals surface area (Å²) >= 11 is 0. The Bertz CT molecular complexity index is 1170. The van der Waals surface area contributed by atoms with Crippen molar-refractivity contribution < 1.29 is 21.8 Å². The fourth-order valence-corrected chi connectivity index (χ4v) is 6.20. The van der Waals surface area contributed by atoms with E-state index in [1.165, 1.54) is 16.4 Å². The predicted molar refractivity (Wildman–Crippen MR) is 115 cm³/mol. The maximum atomic E-state index is 13.1. The summed E-state index contributed by atoms with van der Waals surface area (Å²) in [5, 5.41) is 11.1. The lowest BCUT2D eigenvalue weighted by Gasteiger charge is -2.31. The number of sulfonamides is 1. The molecular formula is C19H26N4O6S2. The Labute approximate surface area is 182 Å². The van der Waals surface area contributed by atoms with Gasteiger partial charge in [0.15, 0.2) is 9.84 Å². The second kappa shape index (κ2) is 9.05. The van der Waals surface area contributed by atoms with Crippen LogP contribution in [0, 0.1) is 17.0 Å². The van der Waals surface area contributed by atoms with Gasteiger partial charge in [0.25, 0.3) is 5.69 Å². The molecule has 1 aromatic heterocycles. The summed E-state index contributed by atoms with van der Waals surface area (Å²) in [6, 6.07) is 3.84. The Hall–Kier alpha value is -2.31. The number of piperidine rings is 1. The molecule has 170 valence electrons. The largest absolute Gasteiger partial charge is 0.334 e. The molecule has 3 rings (SSSR count). The molecule has 1 saturated heterocycles. The lowest BCUT2D eigenvalue weighted by molar-refractivity contribution is -0.385. The average molecular weight is 471 g/mol. The standard InChI is InChI=1S/C19H26N4O6S2/c1-3-30(26,27)13-12-21-11-8-20-19(21)16-6-9-22(10-7-16)31(28,29)18-14-17(23(24)25)5-4-15(18)2/h4-5,8,11,14,16H,3,6-7,9-10,12-13H2,1-2H3. The van der Waals surface area contributed by atoms with Crippen LogP contribution in [-0.2, 0) is 26.4 Å². The van der Waals surface area contributed by atoms with Gasteiger partial charge in [-0.05, 0) is 25.3 Å². The van der Waals surface area contributed by atoms with E-state index in [-0.39, 0.29) is 41.1 Å². The van der Waals surface area contributed by atoms with Crippen molar-refractivity contribution in [1.29, 1.82) is 0 Å². The smallest absolute Gasteiger partial charge is 0.270 e. The van der Waals surface area contributed by atoms with Gasteiger partial charge < -0.3 is 4.57 Å². The van der Waals surface area contributed by atoms with Crippen molar-refractivity contribution in [3.05, 3.63) is 52.1 Å². The minimum absolute atomic E-state index is 0.0111. The van der Waals surface area contributed by atoms with Gasteiger partial charge in [-0.25, -0.2) is 21.8 Å². The van der Waals surface area contributed by atoms with Crippen molar-refractivity contribution in [2.75, 3.05) is 24.6 Å². The zero-order valence-electron chi connectivity index (χ0n) is 17.5. The van der Waals surface area contributed by atoms with Crippen LogP contribution in [0.4, 0.5) is 5.69 Å².